The third kappa shape index (κ3) is 3.95. The standard InChI is InChI=1S/C13H27NO2S/c1-11(2)9-10-14(13-7-5-6-8-13)17(15,16)12(3)4/h11-13H,5-10H2,1-4H3. The number of sulfonamides is 1. The molecule has 0 unspecified atom stereocenters. The van der Waals surface area contributed by atoms with Gasteiger partial charge in [0.05, 0.1) is 5.25 Å². The number of nitrogens with zero attached hydrogens (tertiary/aromatic N) is 1. The molecule has 1 rings (SSSR count). The van der Waals surface area contributed by atoms with Gasteiger partial charge < -0.3 is 0 Å². The van der Waals surface area contributed by atoms with E-state index in [2.05, 4.69) is 13.8 Å². The Morgan fingerprint density at radius 2 is 1.65 bits per heavy atom. The van der Waals surface area contributed by atoms with Gasteiger partial charge in [-0.25, -0.2) is 8.42 Å². The van der Waals surface area contributed by atoms with Gasteiger partial charge in [-0.2, -0.15) is 4.31 Å². The summed E-state index contributed by atoms with van der Waals surface area (Å²) in [4.78, 5) is 0. The molecule has 1 saturated carbocycles. The van der Waals surface area contributed by atoms with Crippen molar-refractivity contribution in [3.8, 4) is 0 Å². The summed E-state index contributed by atoms with van der Waals surface area (Å²) in [6.07, 6.45) is 5.41. The normalized spacial score (nSPS) is 18.8. The van der Waals surface area contributed by atoms with Gasteiger partial charge in [-0.3, -0.25) is 0 Å². The zero-order valence-electron chi connectivity index (χ0n) is 11.6. The summed E-state index contributed by atoms with van der Waals surface area (Å²) >= 11 is 0. The Bertz CT molecular complexity index is 316. The molecule has 0 radical (unpaired) electrons. The molecule has 0 atom stereocenters. The molecule has 1 aliphatic rings. The molecule has 0 aromatic heterocycles. The van der Waals surface area contributed by atoms with Crippen LogP contribution in [0.2, 0.25) is 0 Å². The van der Waals surface area contributed by atoms with Crippen LogP contribution in [-0.2, 0) is 10.0 Å². The maximum absolute atomic E-state index is 12.4. The maximum Gasteiger partial charge on any atom is 0.216 e. The monoisotopic (exact) mass is 261 g/mol. The van der Waals surface area contributed by atoms with Crippen molar-refractivity contribution >= 4 is 10.0 Å². The quantitative estimate of drug-likeness (QED) is 0.737. The van der Waals surface area contributed by atoms with Gasteiger partial charge in [-0.05, 0) is 39.0 Å². The van der Waals surface area contributed by atoms with Crippen molar-refractivity contribution in [3.63, 3.8) is 0 Å². The lowest BCUT2D eigenvalue weighted by Gasteiger charge is -2.30. The fourth-order valence-corrected chi connectivity index (χ4v) is 3.89. The van der Waals surface area contributed by atoms with E-state index in [-0.39, 0.29) is 11.3 Å². The summed E-state index contributed by atoms with van der Waals surface area (Å²) in [5, 5.41) is -0.296. The van der Waals surface area contributed by atoms with E-state index in [0.29, 0.717) is 12.5 Å². The highest BCUT2D eigenvalue weighted by Gasteiger charge is 2.33. The molecule has 0 amide bonds. The van der Waals surface area contributed by atoms with Gasteiger partial charge in [0.1, 0.15) is 0 Å². The second-order valence-electron chi connectivity index (χ2n) is 5.83. The Balaban J connectivity index is 2.78. The van der Waals surface area contributed by atoms with Gasteiger partial charge in [0.15, 0.2) is 0 Å². The van der Waals surface area contributed by atoms with E-state index in [1.54, 1.807) is 18.2 Å². The summed E-state index contributed by atoms with van der Waals surface area (Å²) in [6.45, 7) is 8.56. The van der Waals surface area contributed by atoms with Crippen molar-refractivity contribution in [1.29, 1.82) is 0 Å². The maximum atomic E-state index is 12.4. The van der Waals surface area contributed by atoms with Crippen LogP contribution in [-0.4, -0.2) is 30.6 Å². The van der Waals surface area contributed by atoms with Crippen LogP contribution in [0.1, 0.15) is 59.8 Å². The minimum absolute atomic E-state index is 0.265. The molecular weight excluding hydrogens is 234 g/mol. The molecule has 0 aliphatic heterocycles. The molecular formula is C13H27NO2S. The summed E-state index contributed by atoms with van der Waals surface area (Å²) in [6, 6.07) is 0.265. The van der Waals surface area contributed by atoms with Crippen LogP contribution in [0, 0.1) is 5.92 Å². The Morgan fingerprint density at radius 1 is 1.12 bits per heavy atom. The van der Waals surface area contributed by atoms with E-state index in [1.807, 2.05) is 0 Å². The molecule has 0 bridgehead atoms. The lowest BCUT2D eigenvalue weighted by atomic mass is 10.1. The molecule has 0 saturated heterocycles. The van der Waals surface area contributed by atoms with Crippen LogP contribution < -0.4 is 0 Å². The highest BCUT2D eigenvalue weighted by atomic mass is 32.2. The smallest absolute Gasteiger partial charge is 0.212 e. The van der Waals surface area contributed by atoms with Crippen LogP contribution in [0.3, 0.4) is 0 Å². The molecule has 0 aromatic carbocycles. The molecule has 1 aliphatic carbocycles. The number of rotatable bonds is 6. The van der Waals surface area contributed by atoms with Crippen molar-refractivity contribution in [2.45, 2.75) is 71.1 Å². The van der Waals surface area contributed by atoms with Gasteiger partial charge >= 0.3 is 0 Å². The molecule has 102 valence electrons. The van der Waals surface area contributed by atoms with Crippen molar-refractivity contribution in [1.82, 2.24) is 4.31 Å². The highest BCUT2D eigenvalue weighted by Crippen LogP contribution is 2.27. The SMILES string of the molecule is CC(C)CCN(C1CCCC1)S(=O)(=O)C(C)C. The van der Waals surface area contributed by atoms with Gasteiger partial charge in [-0.15, -0.1) is 0 Å². The number of hydrogen-bond donors (Lipinski definition) is 0. The van der Waals surface area contributed by atoms with E-state index >= 15 is 0 Å². The van der Waals surface area contributed by atoms with E-state index in [9.17, 15) is 8.42 Å². The lowest BCUT2D eigenvalue weighted by Crippen LogP contribution is -2.43. The molecule has 4 heteroatoms. The van der Waals surface area contributed by atoms with Crippen LogP contribution in [0.4, 0.5) is 0 Å². The highest BCUT2D eigenvalue weighted by molar-refractivity contribution is 7.89. The number of hydrogen-bond acceptors (Lipinski definition) is 2. The van der Waals surface area contributed by atoms with Crippen LogP contribution in [0.15, 0.2) is 0 Å². The van der Waals surface area contributed by atoms with E-state index in [4.69, 9.17) is 0 Å². The van der Waals surface area contributed by atoms with Crippen molar-refractivity contribution in [2.24, 2.45) is 5.92 Å². The average molecular weight is 261 g/mol. The Kier molecular flexibility index (Phi) is 5.45. The van der Waals surface area contributed by atoms with Crippen molar-refractivity contribution < 1.29 is 8.42 Å². The third-order valence-corrected chi connectivity index (χ3v) is 5.91. The van der Waals surface area contributed by atoms with Gasteiger partial charge in [0, 0.05) is 12.6 Å². The molecule has 1 fully saturated rings. The van der Waals surface area contributed by atoms with E-state index in [0.717, 1.165) is 19.3 Å². The Hall–Kier alpha value is -0.0900. The molecule has 17 heavy (non-hydrogen) atoms. The predicted octanol–water partition coefficient (Wildman–Crippen LogP) is 3.02. The van der Waals surface area contributed by atoms with Crippen LogP contribution in [0.25, 0.3) is 0 Å². The minimum Gasteiger partial charge on any atom is -0.212 e. The summed E-state index contributed by atoms with van der Waals surface area (Å²) in [5.74, 6) is 0.557. The fourth-order valence-electron chi connectivity index (χ4n) is 2.37. The fraction of sp³-hybridized carbons (Fsp3) is 1.00. The zero-order chi connectivity index (χ0) is 13.1. The van der Waals surface area contributed by atoms with Gasteiger partial charge in [0.25, 0.3) is 0 Å². The summed E-state index contributed by atoms with van der Waals surface area (Å²) in [7, 11) is -3.08. The second kappa shape index (κ2) is 6.19. The Labute approximate surface area is 107 Å². The van der Waals surface area contributed by atoms with Crippen LogP contribution in [0.5, 0.6) is 0 Å². The van der Waals surface area contributed by atoms with E-state index in [1.165, 1.54) is 12.8 Å². The minimum atomic E-state index is -3.08. The summed E-state index contributed by atoms with van der Waals surface area (Å²) < 4.78 is 26.5. The molecule has 0 spiro atoms. The third-order valence-electron chi connectivity index (χ3n) is 3.58. The first-order valence-electron chi connectivity index (χ1n) is 6.86. The molecule has 0 heterocycles. The molecule has 3 nitrogen and oxygen atoms in total. The van der Waals surface area contributed by atoms with E-state index < -0.39 is 10.0 Å². The topological polar surface area (TPSA) is 37.4 Å². The largest absolute Gasteiger partial charge is 0.216 e. The lowest BCUT2D eigenvalue weighted by molar-refractivity contribution is 0.302. The first-order valence-corrected chi connectivity index (χ1v) is 8.36. The van der Waals surface area contributed by atoms with Crippen LogP contribution >= 0.6 is 0 Å². The first kappa shape index (κ1) is 15.0. The zero-order valence-corrected chi connectivity index (χ0v) is 12.5. The van der Waals surface area contributed by atoms with Gasteiger partial charge in [0.2, 0.25) is 10.0 Å². The first-order chi connectivity index (χ1) is 7.85. The molecule has 0 N–H and O–H groups in total. The second-order valence-corrected chi connectivity index (χ2v) is 8.27. The van der Waals surface area contributed by atoms with Gasteiger partial charge in [-0.1, -0.05) is 26.7 Å². The van der Waals surface area contributed by atoms with Crippen molar-refractivity contribution in [2.75, 3.05) is 6.54 Å². The molecule has 0 aromatic rings. The summed E-state index contributed by atoms with van der Waals surface area (Å²) in [5.41, 5.74) is 0. The Morgan fingerprint density at radius 3 is 2.06 bits per heavy atom. The predicted molar refractivity (Wildman–Crippen MR) is 72.5 cm³/mol. The average Bonchev–Trinajstić information content (AvgIpc) is 2.70. The van der Waals surface area contributed by atoms with Crippen molar-refractivity contribution in [3.05, 3.63) is 0 Å².